The molecule has 1 heterocycles. The summed E-state index contributed by atoms with van der Waals surface area (Å²) in [5.41, 5.74) is 0.933. The largest absolute Gasteiger partial charge is 0.507 e. The average Bonchev–Trinajstić information content (AvgIpc) is 2.94. The highest BCUT2D eigenvalue weighted by Crippen LogP contribution is 2.34. The van der Waals surface area contributed by atoms with Crippen molar-refractivity contribution < 1.29 is 19.1 Å². The molecule has 0 unspecified atom stereocenters. The molecule has 2 amide bonds. The molecule has 5 nitrogen and oxygen atoms in total. The molecule has 1 aliphatic heterocycles. The Bertz CT molecular complexity index is 996. The summed E-state index contributed by atoms with van der Waals surface area (Å²) in [5, 5.41) is 13.0. The molecule has 1 saturated heterocycles. The minimum absolute atomic E-state index is 0.0112. The monoisotopic (exact) mass is 450 g/mol. The maximum atomic E-state index is 12.9. The van der Waals surface area contributed by atoms with Gasteiger partial charge in [0, 0.05) is 29.2 Å². The van der Waals surface area contributed by atoms with Gasteiger partial charge in [-0.05, 0) is 55.0 Å². The molecular weight excluding hydrogens is 435 g/mol. The van der Waals surface area contributed by atoms with E-state index in [0.717, 1.165) is 11.8 Å². The van der Waals surface area contributed by atoms with Crippen LogP contribution in [0.5, 0.6) is 5.75 Å². The molecule has 0 atom stereocenters. The highest BCUT2D eigenvalue weighted by Gasteiger charge is 2.31. The number of anilines is 1. The Labute approximate surface area is 181 Å². The summed E-state index contributed by atoms with van der Waals surface area (Å²) in [6.07, 6.45) is 2.14. The molecule has 9 heteroatoms. The van der Waals surface area contributed by atoms with Crippen LogP contribution in [0.4, 0.5) is 10.1 Å². The number of nitrogens with one attached hydrogen (secondary N) is 1. The molecule has 3 rings (SSSR count). The minimum atomic E-state index is -0.378. The normalized spacial score (nSPS) is 15.2. The molecule has 0 spiro atoms. The van der Waals surface area contributed by atoms with Gasteiger partial charge in [0.25, 0.3) is 5.91 Å². The van der Waals surface area contributed by atoms with Gasteiger partial charge in [-0.1, -0.05) is 35.6 Å². The van der Waals surface area contributed by atoms with Crippen molar-refractivity contribution in [3.8, 4) is 5.75 Å². The van der Waals surface area contributed by atoms with Crippen molar-refractivity contribution in [1.82, 2.24) is 4.90 Å². The van der Waals surface area contributed by atoms with E-state index in [1.807, 2.05) is 0 Å². The average molecular weight is 451 g/mol. The SMILES string of the molecule is O=C(CCCN1C(=O)/C(=C/c2cc(Cl)ccc2O)SC1=S)Nc1ccc(F)cc1. The predicted molar refractivity (Wildman–Crippen MR) is 117 cm³/mol. The fourth-order valence-electron chi connectivity index (χ4n) is 2.63. The third-order valence-electron chi connectivity index (χ3n) is 4.06. The third kappa shape index (κ3) is 5.56. The molecule has 29 heavy (non-hydrogen) atoms. The molecule has 0 bridgehead atoms. The van der Waals surface area contributed by atoms with Gasteiger partial charge < -0.3 is 10.4 Å². The van der Waals surface area contributed by atoms with Gasteiger partial charge in [0.15, 0.2) is 0 Å². The van der Waals surface area contributed by atoms with Crippen LogP contribution in [-0.2, 0) is 9.59 Å². The number of thiocarbonyl (C=S) groups is 1. The van der Waals surface area contributed by atoms with Crippen LogP contribution in [0.3, 0.4) is 0 Å². The number of rotatable bonds is 6. The smallest absolute Gasteiger partial charge is 0.266 e. The number of carbonyl (C=O) groups is 2. The van der Waals surface area contributed by atoms with Crippen LogP contribution in [0.25, 0.3) is 6.08 Å². The molecule has 2 aromatic rings. The van der Waals surface area contributed by atoms with Crippen molar-refractivity contribution >= 4 is 63.5 Å². The van der Waals surface area contributed by atoms with E-state index < -0.39 is 0 Å². The molecule has 0 saturated carbocycles. The van der Waals surface area contributed by atoms with E-state index in [-0.39, 0.29) is 29.8 Å². The van der Waals surface area contributed by atoms with Gasteiger partial charge in [0.05, 0.1) is 4.91 Å². The van der Waals surface area contributed by atoms with E-state index in [1.54, 1.807) is 18.2 Å². The number of benzene rings is 2. The van der Waals surface area contributed by atoms with Crippen molar-refractivity contribution in [1.29, 1.82) is 0 Å². The topological polar surface area (TPSA) is 69.6 Å². The second kappa shape index (κ2) is 9.39. The number of aromatic hydroxyl groups is 1. The summed E-state index contributed by atoms with van der Waals surface area (Å²) in [6, 6.07) is 10.0. The summed E-state index contributed by atoms with van der Waals surface area (Å²) >= 11 is 12.3. The lowest BCUT2D eigenvalue weighted by atomic mass is 10.2. The van der Waals surface area contributed by atoms with Gasteiger partial charge in [-0.3, -0.25) is 14.5 Å². The zero-order valence-electron chi connectivity index (χ0n) is 15.0. The molecule has 2 N–H and O–H groups in total. The predicted octanol–water partition coefficient (Wildman–Crippen LogP) is 4.80. The highest BCUT2D eigenvalue weighted by atomic mass is 35.5. The maximum Gasteiger partial charge on any atom is 0.266 e. The van der Waals surface area contributed by atoms with Crippen LogP contribution in [-0.4, -0.2) is 32.7 Å². The van der Waals surface area contributed by atoms with Crippen LogP contribution < -0.4 is 5.32 Å². The van der Waals surface area contributed by atoms with E-state index in [0.29, 0.717) is 38.5 Å². The maximum absolute atomic E-state index is 12.9. The number of carbonyl (C=O) groups excluding carboxylic acids is 2. The number of phenolic OH excluding ortho intramolecular Hbond substituents is 1. The van der Waals surface area contributed by atoms with Gasteiger partial charge in [0.1, 0.15) is 15.9 Å². The molecule has 1 aliphatic rings. The Morgan fingerprint density at radius 3 is 2.72 bits per heavy atom. The Hall–Kier alpha value is -2.42. The van der Waals surface area contributed by atoms with Crippen molar-refractivity contribution in [3.05, 3.63) is 63.8 Å². The van der Waals surface area contributed by atoms with E-state index in [4.69, 9.17) is 23.8 Å². The van der Waals surface area contributed by atoms with E-state index in [2.05, 4.69) is 5.32 Å². The van der Waals surface area contributed by atoms with Crippen molar-refractivity contribution in [3.63, 3.8) is 0 Å². The summed E-state index contributed by atoms with van der Waals surface area (Å²) in [6.45, 7) is 0.292. The Balaban J connectivity index is 1.56. The van der Waals surface area contributed by atoms with E-state index in [9.17, 15) is 19.1 Å². The second-order valence-corrected chi connectivity index (χ2v) is 8.31. The summed E-state index contributed by atoms with van der Waals surface area (Å²) in [4.78, 5) is 26.4. The number of hydrogen-bond acceptors (Lipinski definition) is 5. The first kappa shape index (κ1) is 21.3. The van der Waals surface area contributed by atoms with Crippen LogP contribution in [0.1, 0.15) is 18.4 Å². The lowest BCUT2D eigenvalue weighted by Gasteiger charge is -2.14. The molecule has 2 aromatic carbocycles. The molecule has 0 aliphatic carbocycles. The van der Waals surface area contributed by atoms with Crippen molar-refractivity contribution in [2.75, 3.05) is 11.9 Å². The van der Waals surface area contributed by atoms with Gasteiger partial charge in [-0.15, -0.1) is 0 Å². The Morgan fingerprint density at radius 2 is 2.00 bits per heavy atom. The number of phenols is 1. The zero-order chi connectivity index (χ0) is 21.0. The number of thioether (sulfide) groups is 1. The van der Waals surface area contributed by atoms with Crippen molar-refractivity contribution in [2.45, 2.75) is 12.8 Å². The third-order valence-corrected chi connectivity index (χ3v) is 5.68. The lowest BCUT2D eigenvalue weighted by Crippen LogP contribution is -2.29. The summed E-state index contributed by atoms with van der Waals surface area (Å²) < 4.78 is 13.3. The fourth-order valence-corrected chi connectivity index (χ4v) is 4.11. The number of nitrogens with zero attached hydrogens (tertiary/aromatic N) is 1. The van der Waals surface area contributed by atoms with Gasteiger partial charge in [-0.25, -0.2) is 4.39 Å². The standard InChI is InChI=1S/C20H16ClFN2O3S2/c21-13-3-8-16(25)12(10-13)11-17-19(27)24(20(28)29-17)9-1-2-18(26)23-15-6-4-14(22)5-7-15/h3-8,10-11,25H,1-2,9H2,(H,23,26)/b17-11-. The van der Waals surface area contributed by atoms with E-state index >= 15 is 0 Å². The molecule has 0 aromatic heterocycles. The Morgan fingerprint density at radius 1 is 1.28 bits per heavy atom. The van der Waals surface area contributed by atoms with Crippen LogP contribution in [0.15, 0.2) is 47.4 Å². The number of halogens is 2. The minimum Gasteiger partial charge on any atom is -0.507 e. The summed E-state index contributed by atoms with van der Waals surface area (Å²) in [7, 11) is 0. The lowest BCUT2D eigenvalue weighted by molar-refractivity contribution is -0.122. The molecular formula is C20H16ClFN2O3S2. The summed E-state index contributed by atoms with van der Waals surface area (Å²) in [5.74, 6) is -0.881. The van der Waals surface area contributed by atoms with Gasteiger partial charge >= 0.3 is 0 Å². The first-order valence-corrected chi connectivity index (χ1v) is 10.2. The van der Waals surface area contributed by atoms with Crippen LogP contribution in [0.2, 0.25) is 5.02 Å². The molecule has 0 radical (unpaired) electrons. The van der Waals surface area contributed by atoms with Gasteiger partial charge in [-0.2, -0.15) is 0 Å². The van der Waals surface area contributed by atoms with Crippen LogP contribution >= 0.6 is 35.6 Å². The molecule has 1 fully saturated rings. The quantitative estimate of drug-likeness (QED) is 0.488. The number of amides is 2. The number of hydrogen-bond donors (Lipinski definition) is 2. The molecule has 150 valence electrons. The van der Waals surface area contributed by atoms with Crippen molar-refractivity contribution in [2.24, 2.45) is 0 Å². The van der Waals surface area contributed by atoms with E-state index in [1.165, 1.54) is 35.2 Å². The highest BCUT2D eigenvalue weighted by molar-refractivity contribution is 8.26. The Kier molecular flexibility index (Phi) is 6.89. The first-order chi connectivity index (χ1) is 13.8. The zero-order valence-corrected chi connectivity index (χ0v) is 17.4. The van der Waals surface area contributed by atoms with Crippen LogP contribution in [0, 0.1) is 5.82 Å². The fraction of sp³-hybridized carbons (Fsp3) is 0.150. The van der Waals surface area contributed by atoms with Gasteiger partial charge in [0.2, 0.25) is 5.91 Å². The first-order valence-electron chi connectivity index (χ1n) is 8.63. The second-order valence-electron chi connectivity index (χ2n) is 6.20.